The van der Waals surface area contributed by atoms with Gasteiger partial charge in [0.15, 0.2) is 0 Å². The number of halogens is 2. The van der Waals surface area contributed by atoms with Crippen molar-refractivity contribution < 1.29 is 23.0 Å². The van der Waals surface area contributed by atoms with Crippen molar-refractivity contribution in [1.29, 1.82) is 0 Å². The van der Waals surface area contributed by atoms with Crippen molar-refractivity contribution in [3.05, 3.63) is 53.8 Å². The van der Waals surface area contributed by atoms with Crippen molar-refractivity contribution in [3.8, 4) is 17.6 Å². The molecule has 0 saturated heterocycles. The van der Waals surface area contributed by atoms with E-state index in [0.717, 1.165) is 5.56 Å². The minimum Gasteiger partial charge on any atom is -0.489 e. The minimum absolute atomic E-state index is 0.0571. The van der Waals surface area contributed by atoms with Gasteiger partial charge in [-0.1, -0.05) is 18.1 Å². The zero-order valence-corrected chi connectivity index (χ0v) is 14.9. The van der Waals surface area contributed by atoms with Gasteiger partial charge < -0.3 is 15.2 Å². The predicted octanol–water partition coefficient (Wildman–Crippen LogP) is 3.92. The van der Waals surface area contributed by atoms with Crippen LogP contribution in [0.1, 0.15) is 12.5 Å². The standard InChI is InChI=1S/C20H20F2N2O3/c1-2-3-11-24(20(25)26-12-10-21)19-9-8-17(13-18(19)23)27-14-15-4-6-16(22)7-5-15/h4-9,13H,10-12,14,23H2,1H3. The fourth-order valence-corrected chi connectivity index (χ4v) is 2.23. The molecule has 5 nitrogen and oxygen atoms in total. The van der Waals surface area contributed by atoms with Crippen molar-refractivity contribution in [3.63, 3.8) is 0 Å². The number of anilines is 2. The van der Waals surface area contributed by atoms with E-state index in [9.17, 15) is 13.6 Å². The molecule has 0 spiro atoms. The molecule has 1 amide bonds. The summed E-state index contributed by atoms with van der Waals surface area (Å²) in [5, 5.41) is 0. The lowest BCUT2D eigenvalue weighted by atomic mass is 10.2. The Labute approximate surface area is 156 Å². The summed E-state index contributed by atoms with van der Waals surface area (Å²) < 4.78 is 35.7. The molecule has 0 unspecified atom stereocenters. The molecule has 27 heavy (non-hydrogen) atoms. The van der Waals surface area contributed by atoms with Crippen LogP contribution < -0.4 is 15.4 Å². The molecular weight excluding hydrogens is 354 g/mol. The van der Waals surface area contributed by atoms with E-state index in [-0.39, 0.29) is 31.3 Å². The van der Waals surface area contributed by atoms with Crippen LogP contribution >= 0.6 is 0 Å². The molecule has 0 saturated carbocycles. The molecule has 0 radical (unpaired) electrons. The number of carbonyl (C=O) groups is 1. The smallest absolute Gasteiger partial charge is 0.415 e. The maximum Gasteiger partial charge on any atom is 0.415 e. The normalized spacial score (nSPS) is 9.89. The van der Waals surface area contributed by atoms with Crippen molar-refractivity contribution in [1.82, 2.24) is 0 Å². The topological polar surface area (TPSA) is 64.8 Å². The maximum absolute atomic E-state index is 12.9. The van der Waals surface area contributed by atoms with Gasteiger partial charge in [-0.2, -0.15) is 0 Å². The van der Waals surface area contributed by atoms with Crippen molar-refractivity contribution >= 4 is 17.5 Å². The van der Waals surface area contributed by atoms with Gasteiger partial charge in [0.05, 0.1) is 17.9 Å². The van der Waals surface area contributed by atoms with Crippen LogP contribution in [0.25, 0.3) is 0 Å². The van der Waals surface area contributed by atoms with Crippen molar-refractivity contribution in [2.45, 2.75) is 13.5 Å². The Balaban J connectivity index is 2.12. The predicted molar refractivity (Wildman–Crippen MR) is 99.7 cm³/mol. The van der Waals surface area contributed by atoms with Crippen LogP contribution in [0.2, 0.25) is 0 Å². The number of hydrogen-bond acceptors (Lipinski definition) is 4. The van der Waals surface area contributed by atoms with Crippen LogP contribution in [0.4, 0.5) is 25.0 Å². The Morgan fingerprint density at radius 1 is 1.22 bits per heavy atom. The third-order valence-corrected chi connectivity index (χ3v) is 3.55. The fourth-order valence-electron chi connectivity index (χ4n) is 2.23. The van der Waals surface area contributed by atoms with Gasteiger partial charge in [0.2, 0.25) is 0 Å². The van der Waals surface area contributed by atoms with E-state index in [0.29, 0.717) is 11.4 Å². The highest BCUT2D eigenvalue weighted by atomic mass is 19.1. The van der Waals surface area contributed by atoms with Gasteiger partial charge in [-0.05, 0) is 36.8 Å². The molecule has 142 valence electrons. The Hall–Kier alpha value is -3.27. The summed E-state index contributed by atoms with van der Waals surface area (Å²) in [5.74, 6) is 5.62. The Morgan fingerprint density at radius 2 is 1.96 bits per heavy atom. The number of nitrogens with two attached hydrogens (primary N) is 1. The van der Waals surface area contributed by atoms with E-state index in [2.05, 4.69) is 11.8 Å². The number of alkyl halides is 1. The third kappa shape index (κ3) is 5.89. The number of nitrogens with zero attached hydrogens (tertiary/aromatic N) is 1. The Bertz CT molecular complexity index is 829. The van der Waals surface area contributed by atoms with E-state index < -0.39 is 12.8 Å². The van der Waals surface area contributed by atoms with Crippen LogP contribution in [0, 0.1) is 17.7 Å². The molecule has 2 aromatic rings. The lowest BCUT2D eigenvalue weighted by Crippen LogP contribution is -2.33. The van der Waals surface area contributed by atoms with Gasteiger partial charge in [-0.15, -0.1) is 5.92 Å². The van der Waals surface area contributed by atoms with E-state index in [1.807, 2.05) is 0 Å². The number of rotatable bonds is 7. The first-order valence-corrected chi connectivity index (χ1v) is 8.21. The van der Waals surface area contributed by atoms with Crippen molar-refractivity contribution in [2.75, 3.05) is 30.5 Å². The molecule has 0 aromatic heterocycles. The lowest BCUT2D eigenvalue weighted by Gasteiger charge is -2.21. The zero-order valence-electron chi connectivity index (χ0n) is 14.9. The number of hydrogen-bond donors (Lipinski definition) is 1. The highest BCUT2D eigenvalue weighted by Gasteiger charge is 2.19. The number of nitrogen functional groups attached to an aromatic ring is 1. The average Bonchev–Trinajstić information content (AvgIpc) is 2.67. The summed E-state index contributed by atoms with van der Waals surface area (Å²) in [6, 6.07) is 10.8. The zero-order chi connectivity index (χ0) is 19.6. The van der Waals surface area contributed by atoms with Crippen molar-refractivity contribution in [2.24, 2.45) is 0 Å². The first-order chi connectivity index (χ1) is 13.0. The molecular formula is C20H20F2N2O3. The molecule has 2 N–H and O–H groups in total. The summed E-state index contributed by atoms with van der Waals surface area (Å²) in [5.41, 5.74) is 7.51. The van der Waals surface area contributed by atoms with Gasteiger partial charge in [-0.3, -0.25) is 4.90 Å². The van der Waals surface area contributed by atoms with Gasteiger partial charge in [0.1, 0.15) is 31.5 Å². The van der Waals surface area contributed by atoms with Gasteiger partial charge in [0, 0.05) is 6.07 Å². The number of amides is 1. The maximum atomic E-state index is 12.9. The van der Waals surface area contributed by atoms with Gasteiger partial charge in [0.25, 0.3) is 0 Å². The monoisotopic (exact) mass is 374 g/mol. The molecule has 0 aliphatic heterocycles. The Morgan fingerprint density at radius 3 is 2.59 bits per heavy atom. The van der Waals surface area contributed by atoms with Crippen LogP contribution in [0.3, 0.4) is 0 Å². The molecule has 2 rings (SSSR count). The Kier molecular flexibility index (Phi) is 7.44. The lowest BCUT2D eigenvalue weighted by molar-refractivity contribution is 0.145. The third-order valence-electron chi connectivity index (χ3n) is 3.55. The molecule has 0 atom stereocenters. The number of carbonyl (C=O) groups excluding carboxylic acids is 1. The van der Waals surface area contributed by atoms with Crippen LogP contribution in [0.15, 0.2) is 42.5 Å². The summed E-state index contributed by atoms with van der Waals surface area (Å²) >= 11 is 0. The number of ether oxygens (including phenoxy) is 2. The molecule has 0 fully saturated rings. The molecule has 0 heterocycles. The molecule has 7 heteroatoms. The fraction of sp³-hybridized carbons (Fsp3) is 0.250. The van der Waals surface area contributed by atoms with E-state index in [1.54, 1.807) is 37.3 Å². The summed E-state index contributed by atoms with van der Waals surface area (Å²) in [7, 11) is 0. The molecule has 2 aromatic carbocycles. The highest BCUT2D eigenvalue weighted by molar-refractivity contribution is 5.92. The van der Waals surface area contributed by atoms with Crippen LogP contribution in [0.5, 0.6) is 5.75 Å². The first-order valence-electron chi connectivity index (χ1n) is 8.21. The van der Waals surface area contributed by atoms with E-state index >= 15 is 0 Å². The van der Waals surface area contributed by atoms with E-state index in [1.165, 1.54) is 17.0 Å². The minimum atomic E-state index is -0.773. The summed E-state index contributed by atoms with van der Waals surface area (Å²) in [6.07, 6.45) is -0.734. The summed E-state index contributed by atoms with van der Waals surface area (Å²) in [4.78, 5) is 13.4. The second-order valence-corrected chi connectivity index (χ2v) is 5.45. The quantitative estimate of drug-likeness (QED) is 0.589. The molecule has 0 aliphatic rings. The first kappa shape index (κ1) is 20.0. The molecule has 0 aliphatic carbocycles. The second-order valence-electron chi connectivity index (χ2n) is 5.45. The SMILES string of the molecule is CC#CCN(C(=O)OCCF)c1ccc(OCc2ccc(F)cc2)cc1N. The van der Waals surface area contributed by atoms with E-state index in [4.69, 9.17) is 15.2 Å². The second kappa shape index (κ2) is 10.0. The molecule has 0 bridgehead atoms. The van der Waals surface area contributed by atoms with Crippen LogP contribution in [-0.4, -0.2) is 25.9 Å². The highest BCUT2D eigenvalue weighted by Crippen LogP contribution is 2.28. The average molecular weight is 374 g/mol. The van der Waals surface area contributed by atoms with Gasteiger partial charge >= 0.3 is 6.09 Å². The largest absolute Gasteiger partial charge is 0.489 e. The number of benzene rings is 2. The van der Waals surface area contributed by atoms with Gasteiger partial charge in [-0.25, -0.2) is 13.6 Å². The van der Waals surface area contributed by atoms with Crippen LogP contribution in [-0.2, 0) is 11.3 Å². The summed E-state index contributed by atoms with van der Waals surface area (Å²) in [6.45, 7) is 0.823.